The van der Waals surface area contributed by atoms with Gasteiger partial charge in [0.15, 0.2) is 0 Å². The number of rotatable bonds is 6. The lowest BCUT2D eigenvalue weighted by molar-refractivity contribution is 0.128. The Labute approximate surface area is 80.6 Å². The predicted octanol–water partition coefficient (Wildman–Crippen LogP) is 1.40. The molecule has 0 aromatic rings. The van der Waals surface area contributed by atoms with Crippen molar-refractivity contribution in [2.75, 3.05) is 32.1 Å². The summed E-state index contributed by atoms with van der Waals surface area (Å²) in [5.41, 5.74) is 0. The fourth-order valence-electron chi connectivity index (χ4n) is 0.656. The van der Waals surface area contributed by atoms with E-state index in [0.29, 0.717) is 19.8 Å². The maximum Gasteiger partial charge on any atom is 0.407 e. The van der Waals surface area contributed by atoms with E-state index in [1.807, 2.05) is 0 Å². The van der Waals surface area contributed by atoms with E-state index in [2.05, 4.69) is 15.9 Å². The van der Waals surface area contributed by atoms with Crippen molar-refractivity contribution in [3.05, 3.63) is 0 Å². The number of amides is 1. The van der Waals surface area contributed by atoms with Crippen LogP contribution >= 0.6 is 15.9 Å². The molecule has 72 valence electrons. The van der Waals surface area contributed by atoms with Crippen molar-refractivity contribution >= 4 is 22.0 Å². The maximum atomic E-state index is 10.3. The third kappa shape index (κ3) is 6.42. The summed E-state index contributed by atoms with van der Waals surface area (Å²) in [6, 6.07) is 0. The number of nitrogens with zero attached hydrogens (tertiary/aromatic N) is 1. The van der Waals surface area contributed by atoms with Gasteiger partial charge in [0, 0.05) is 25.5 Å². The minimum Gasteiger partial charge on any atom is -0.465 e. The highest BCUT2D eigenvalue weighted by Crippen LogP contribution is 1.90. The van der Waals surface area contributed by atoms with Gasteiger partial charge in [0.05, 0.1) is 6.61 Å². The molecule has 0 aliphatic heterocycles. The minimum absolute atomic E-state index is 0.525. The molecule has 1 N–H and O–H groups in total. The molecule has 0 aromatic heterocycles. The zero-order valence-electron chi connectivity index (χ0n) is 7.12. The molecule has 0 heterocycles. The largest absolute Gasteiger partial charge is 0.465 e. The highest BCUT2D eigenvalue weighted by Gasteiger charge is 2.02. The topological polar surface area (TPSA) is 49.8 Å². The average molecular weight is 240 g/mol. The van der Waals surface area contributed by atoms with Gasteiger partial charge in [0.2, 0.25) is 0 Å². The first-order valence-electron chi connectivity index (χ1n) is 3.76. The van der Waals surface area contributed by atoms with Crippen LogP contribution in [0.25, 0.3) is 0 Å². The van der Waals surface area contributed by atoms with Crippen LogP contribution in [0.5, 0.6) is 0 Å². The first kappa shape index (κ1) is 11.7. The Hall–Kier alpha value is -0.290. The molecule has 0 aliphatic rings. The van der Waals surface area contributed by atoms with Gasteiger partial charge in [0.25, 0.3) is 0 Å². The van der Waals surface area contributed by atoms with E-state index in [0.717, 1.165) is 11.8 Å². The van der Waals surface area contributed by atoms with Crippen LogP contribution in [0.15, 0.2) is 0 Å². The van der Waals surface area contributed by atoms with E-state index in [9.17, 15) is 4.79 Å². The number of carboxylic acid groups (broad SMARTS) is 1. The third-order valence-corrected chi connectivity index (χ3v) is 1.65. The zero-order chi connectivity index (χ0) is 9.40. The molecule has 0 aromatic carbocycles. The number of ether oxygens (including phenoxy) is 1. The highest BCUT2D eigenvalue weighted by atomic mass is 79.9. The van der Waals surface area contributed by atoms with Gasteiger partial charge in [0.1, 0.15) is 0 Å². The molecule has 0 saturated carbocycles. The van der Waals surface area contributed by atoms with Gasteiger partial charge in [-0.2, -0.15) is 0 Å². The van der Waals surface area contributed by atoms with Crippen molar-refractivity contribution in [3.63, 3.8) is 0 Å². The fraction of sp³-hybridized carbons (Fsp3) is 0.857. The SMILES string of the molecule is CN(CCCOCCBr)C(=O)O. The molecular formula is C7H14BrNO3. The Balaban J connectivity index is 3.14. The summed E-state index contributed by atoms with van der Waals surface area (Å²) < 4.78 is 5.15. The lowest BCUT2D eigenvalue weighted by Crippen LogP contribution is -2.26. The second kappa shape index (κ2) is 7.36. The van der Waals surface area contributed by atoms with Gasteiger partial charge in [-0.05, 0) is 6.42 Å². The average Bonchev–Trinajstić information content (AvgIpc) is 2.03. The van der Waals surface area contributed by atoms with E-state index in [1.165, 1.54) is 4.90 Å². The van der Waals surface area contributed by atoms with Gasteiger partial charge in [-0.1, -0.05) is 15.9 Å². The summed E-state index contributed by atoms with van der Waals surface area (Å²) in [7, 11) is 1.55. The summed E-state index contributed by atoms with van der Waals surface area (Å²) in [5, 5.41) is 9.28. The van der Waals surface area contributed by atoms with Crippen molar-refractivity contribution in [2.24, 2.45) is 0 Å². The van der Waals surface area contributed by atoms with Gasteiger partial charge in [-0.3, -0.25) is 0 Å². The number of halogens is 1. The minimum atomic E-state index is -0.893. The number of alkyl halides is 1. The first-order valence-corrected chi connectivity index (χ1v) is 4.88. The predicted molar refractivity (Wildman–Crippen MR) is 49.9 cm³/mol. The van der Waals surface area contributed by atoms with Gasteiger partial charge < -0.3 is 14.7 Å². The Morgan fingerprint density at radius 2 is 2.25 bits per heavy atom. The molecule has 12 heavy (non-hydrogen) atoms. The molecule has 0 rings (SSSR count). The quantitative estimate of drug-likeness (QED) is 0.564. The number of hydrogen-bond acceptors (Lipinski definition) is 2. The first-order chi connectivity index (χ1) is 5.68. The van der Waals surface area contributed by atoms with E-state index in [-0.39, 0.29) is 0 Å². The molecule has 0 atom stereocenters. The molecule has 5 heteroatoms. The second-order valence-electron chi connectivity index (χ2n) is 2.36. The molecule has 0 saturated heterocycles. The van der Waals surface area contributed by atoms with E-state index in [1.54, 1.807) is 7.05 Å². The van der Waals surface area contributed by atoms with Crippen LogP contribution in [0.3, 0.4) is 0 Å². The summed E-state index contributed by atoms with van der Waals surface area (Å²) in [6.07, 6.45) is -0.147. The lowest BCUT2D eigenvalue weighted by Gasteiger charge is -2.11. The van der Waals surface area contributed by atoms with E-state index >= 15 is 0 Å². The van der Waals surface area contributed by atoms with Crippen LogP contribution in [0.4, 0.5) is 4.79 Å². The molecule has 4 nitrogen and oxygen atoms in total. The molecule has 0 bridgehead atoms. The van der Waals surface area contributed by atoms with Crippen molar-refractivity contribution in [1.82, 2.24) is 4.90 Å². The lowest BCUT2D eigenvalue weighted by atomic mass is 10.4. The van der Waals surface area contributed by atoms with Crippen LogP contribution in [-0.4, -0.2) is 48.2 Å². The molecule has 0 radical (unpaired) electrons. The van der Waals surface area contributed by atoms with Crippen molar-refractivity contribution in [3.8, 4) is 0 Å². The molecule has 1 amide bonds. The van der Waals surface area contributed by atoms with Crippen LogP contribution in [0.2, 0.25) is 0 Å². The molecule has 0 spiro atoms. The molecule has 0 unspecified atom stereocenters. The van der Waals surface area contributed by atoms with Crippen molar-refractivity contribution < 1.29 is 14.6 Å². The normalized spacial score (nSPS) is 9.83. The zero-order valence-corrected chi connectivity index (χ0v) is 8.71. The van der Waals surface area contributed by atoms with Gasteiger partial charge in [-0.25, -0.2) is 4.79 Å². The number of carbonyl (C=O) groups is 1. The van der Waals surface area contributed by atoms with Crippen LogP contribution in [-0.2, 0) is 4.74 Å². The van der Waals surface area contributed by atoms with Crippen LogP contribution in [0, 0.1) is 0 Å². The van der Waals surface area contributed by atoms with Crippen molar-refractivity contribution in [1.29, 1.82) is 0 Å². The number of hydrogen-bond donors (Lipinski definition) is 1. The Kier molecular flexibility index (Phi) is 7.19. The fourth-order valence-corrected chi connectivity index (χ4v) is 0.885. The molecular weight excluding hydrogens is 226 g/mol. The summed E-state index contributed by atoms with van der Waals surface area (Å²) >= 11 is 3.22. The van der Waals surface area contributed by atoms with Crippen LogP contribution < -0.4 is 0 Å². The molecule has 0 fully saturated rings. The van der Waals surface area contributed by atoms with E-state index < -0.39 is 6.09 Å². The molecule has 0 aliphatic carbocycles. The summed E-state index contributed by atoms with van der Waals surface area (Å²) in [5.74, 6) is 0. The highest BCUT2D eigenvalue weighted by molar-refractivity contribution is 9.09. The summed E-state index contributed by atoms with van der Waals surface area (Å²) in [4.78, 5) is 11.5. The monoisotopic (exact) mass is 239 g/mol. The standard InChI is InChI=1S/C7H14BrNO3/c1-9(7(10)11)4-2-5-12-6-3-8/h2-6H2,1H3,(H,10,11). The Morgan fingerprint density at radius 3 is 2.75 bits per heavy atom. The Morgan fingerprint density at radius 1 is 1.58 bits per heavy atom. The van der Waals surface area contributed by atoms with Crippen LogP contribution in [0.1, 0.15) is 6.42 Å². The third-order valence-electron chi connectivity index (χ3n) is 1.33. The Bertz CT molecular complexity index is 132. The van der Waals surface area contributed by atoms with Gasteiger partial charge >= 0.3 is 6.09 Å². The van der Waals surface area contributed by atoms with Gasteiger partial charge in [-0.15, -0.1) is 0 Å². The summed E-state index contributed by atoms with van der Waals surface area (Å²) in [6.45, 7) is 1.82. The van der Waals surface area contributed by atoms with E-state index in [4.69, 9.17) is 9.84 Å². The smallest absolute Gasteiger partial charge is 0.407 e. The second-order valence-corrected chi connectivity index (χ2v) is 3.15. The maximum absolute atomic E-state index is 10.3. The van der Waals surface area contributed by atoms with Crippen molar-refractivity contribution in [2.45, 2.75) is 6.42 Å².